The molecule has 4 heterocycles. The molecule has 37 heavy (non-hydrogen) atoms. The number of hydrogen-bond donors (Lipinski definition) is 3. The lowest BCUT2D eigenvalue weighted by Crippen LogP contribution is -2.42. The van der Waals surface area contributed by atoms with Crippen molar-refractivity contribution in [2.24, 2.45) is 0 Å². The third-order valence-electron chi connectivity index (χ3n) is 6.25. The highest BCUT2D eigenvalue weighted by molar-refractivity contribution is 7.09. The van der Waals surface area contributed by atoms with Crippen LogP contribution in [0.25, 0.3) is 17.0 Å². The fraction of sp³-hybridized carbons (Fsp3) is 0.407. The van der Waals surface area contributed by atoms with Gasteiger partial charge in [-0.15, -0.1) is 11.3 Å². The molecule has 5 rings (SSSR count). The molecule has 4 aromatic heterocycles. The first-order chi connectivity index (χ1) is 17.8. The molecule has 0 atom stereocenters. The van der Waals surface area contributed by atoms with E-state index >= 15 is 0 Å². The number of imidazole rings is 1. The summed E-state index contributed by atoms with van der Waals surface area (Å²) in [5, 5.41) is 12.1. The molecule has 3 N–H and O–H groups in total. The zero-order valence-electron chi connectivity index (χ0n) is 21.4. The van der Waals surface area contributed by atoms with E-state index in [9.17, 15) is 4.79 Å². The van der Waals surface area contributed by atoms with Crippen LogP contribution in [0.2, 0.25) is 0 Å². The molecular formula is C27H33N7O2S. The van der Waals surface area contributed by atoms with Crippen LogP contribution in [0, 0.1) is 0 Å². The van der Waals surface area contributed by atoms with E-state index in [1.54, 1.807) is 17.5 Å². The van der Waals surface area contributed by atoms with Crippen molar-refractivity contribution in [3.05, 3.63) is 59.2 Å². The molecule has 1 saturated carbocycles. The Morgan fingerprint density at radius 1 is 1.11 bits per heavy atom. The van der Waals surface area contributed by atoms with Gasteiger partial charge in [0.1, 0.15) is 11.4 Å². The van der Waals surface area contributed by atoms with Crippen LogP contribution < -0.4 is 16.0 Å². The predicted molar refractivity (Wildman–Crippen MR) is 147 cm³/mol. The molecule has 10 heteroatoms. The Kier molecular flexibility index (Phi) is 7.27. The highest BCUT2D eigenvalue weighted by Crippen LogP contribution is 2.27. The number of alkyl carbamates (subject to hydrolysis) is 1. The predicted octanol–water partition coefficient (Wildman–Crippen LogP) is 5.71. The molecule has 0 aromatic carbocycles. The first-order valence-corrected chi connectivity index (χ1v) is 13.5. The number of ether oxygens (including phenoxy) is 1. The highest BCUT2D eigenvalue weighted by atomic mass is 32.1. The van der Waals surface area contributed by atoms with Crippen LogP contribution in [0.3, 0.4) is 0 Å². The van der Waals surface area contributed by atoms with Gasteiger partial charge in [0.2, 0.25) is 0 Å². The average Bonchev–Trinajstić information content (AvgIpc) is 3.54. The van der Waals surface area contributed by atoms with Crippen LogP contribution in [0.1, 0.15) is 51.3 Å². The second-order valence-electron chi connectivity index (χ2n) is 10.3. The van der Waals surface area contributed by atoms with Gasteiger partial charge in [-0.25, -0.2) is 19.7 Å². The number of nitrogens with zero attached hydrogens (tertiary/aromatic N) is 4. The lowest BCUT2D eigenvalue weighted by Gasteiger charge is -2.30. The van der Waals surface area contributed by atoms with Crippen molar-refractivity contribution in [3.63, 3.8) is 0 Å². The number of hydrogen-bond acceptors (Lipinski definition) is 8. The largest absolute Gasteiger partial charge is 0.444 e. The highest BCUT2D eigenvalue weighted by Gasteiger charge is 2.25. The Hall–Kier alpha value is -3.66. The number of fused-ring (bicyclic) bond motifs is 1. The molecule has 0 radical (unpaired) electrons. The third kappa shape index (κ3) is 6.37. The summed E-state index contributed by atoms with van der Waals surface area (Å²) in [6.45, 7) is 6.36. The van der Waals surface area contributed by atoms with Crippen molar-refractivity contribution in [2.75, 3.05) is 10.6 Å². The first-order valence-electron chi connectivity index (χ1n) is 12.7. The molecular weight excluding hydrogens is 486 g/mol. The zero-order chi connectivity index (χ0) is 25.8. The second-order valence-corrected chi connectivity index (χ2v) is 11.3. The quantitative estimate of drug-likeness (QED) is 0.287. The average molecular weight is 520 g/mol. The van der Waals surface area contributed by atoms with E-state index in [-0.39, 0.29) is 18.2 Å². The summed E-state index contributed by atoms with van der Waals surface area (Å²) in [7, 11) is 0. The van der Waals surface area contributed by atoms with Gasteiger partial charge in [0.25, 0.3) is 0 Å². The van der Waals surface area contributed by atoms with Gasteiger partial charge in [-0.05, 0) is 70.0 Å². The minimum atomic E-state index is -0.492. The van der Waals surface area contributed by atoms with E-state index in [0.29, 0.717) is 0 Å². The van der Waals surface area contributed by atoms with E-state index in [1.165, 1.54) is 4.88 Å². The van der Waals surface area contributed by atoms with Gasteiger partial charge in [0.05, 0.1) is 24.1 Å². The van der Waals surface area contributed by atoms with Gasteiger partial charge >= 0.3 is 6.09 Å². The minimum absolute atomic E-state index is 0.126. The Morgan fingerprint density at radius 2 is 1.92 bits per heavy atom. The van der Waals surface area contributed by atoms with E-state index in [0.717, 1.165) is 60.9 Å². The first kappa shape index (κ1) is 25.0. The Morgan fingerprint density at radius 3 is 2.68 bits per heavy atom. The summed E-state index contributed by atoms with van der Waals surface area (Å²) < 4.78 is 7.42. The lowest BCUT2D eigenvalue weighted by atomic mass is 9.91. The normalized spacial score (nSPS) is 17.9. The maximum absolute atomic E-state index is 12.1. The lowest BCUT2D eigenvalue weighted by molar-refractivity contribution is 0.0492. The standard InChI is InChI=1S/C27H33N7O2S/c1-27(2,3)36-26(35)32-19-11-9-18(10-12-19)31-24-25-30-17-22(34(25)14-13-28-24)21-7-4-8-23(33-21)29-16-20-6-5-15-37-20/h4-8,13-15,17-19H,9-12,16H2,1-3H3,(H,28,31)(H,29,33)(H,32,35). The van der Waals surface area contributed by atoms with Crippen LogP contribution in [-0.4, -0.2) is 43.1 Å². The fourth-order valence-electron chi connectivity index (χ4n) is 4.53. The van der Waals surface area contributed by atoms with Gasteiger partial charge in [-0.3, -0.25) is 4.40 Å². The van der Waals surface area contributed by atoms with Crippen LogP contribution in [0.4, 0.5) is 16.4 Å². The maximum atomic E-state index is 12.1. The number of nitrogens with one attached hydrogen (secondary N) is 3. The van der Waals surface area contributed by atoms with Crippen molar-refractivity contribution in [3.8, 4) is 11.4 Å². The van der Waals surface area contributed by atoms with Crippen LogP contribution in [-0.2, 0) is 11.3 Å². The Balaban J connectivity index is 1.23. The van der Waals surface area contributed by atoms with Crippen LogP contribution >= 0.6 is 11.3 Å². The zero-order valence-corrected chi connectivity index (χ0v) is 22.2. The van der Waals surface area contributed by atoms with Gasteiger partial charge in [-0.2, -0.15) is 0 Å². The molecule has 4 aromatic rings. The summed E-state index contributed by atoms with van der Waals surface area (Å²) in [4.78, 5) is 27.4. The summed E-state index contributed by atoms with van der Waals surface area (Å²) in [5.41, 5.74) is 2.03. The van der Waals surface area contributed by atoms with Crippen molar-refractivity contribution < 1.29 is 9.53 Å². The molecule has 1 amide bonds. The molecule has 0 spiro atoms. The summed E-state index contributed by atoms with van der Waals surface area (Å²) in [6, 6.07) is 10.5. The van der Waals surface area contributed by atoms with Crippen LogP contribution in [0.5, 0.6) is 0 Å². The van der Waals surface area contributed by atoms with E-state index in [1.807, 2.05) is 55.8 Å². The molecule has 1 aliphatic carbocycles. The van der Waals surface area contributed by atoms with Gasteiger partial charge < -0.3 is 20.7 Å². The minimum Gasteiger partial charge on any atom is -0.444 e. The summed E-state index contributed by atoms with van der Waals surface area (Å²) in [6.07, 6.45) is 8.82. The van der Waals surface area contributed by atoms with Crippen molar-refractivity contribution in [2.45, 2.75) is 70.7 Å². The number of rotatable bonds is 7. The molecule has 1 aliphatic rings. The Bertz CT molecular complexity index is 1340. The maximum Gasteiger partial charge on any atom is 0.407 e. The van der Waals surface area contributed by atoms with E-state index in [2.05, 4.69) is 43.4 Å². The number of aromatic nitrogens is 4. The molecule has 1 fully saturated rings. The van der Waals surface area contributed by atoms with Crippen LogP contribution in [0.15, 0.2) is 54.3 Å². The number of thiophene rings is 1. The molecule has 0 saturated heterocycles. The second kappa shape index (κ2) is 10.8. The van der Waals surface area contributed by atoms with Gasteiger partial charge in [0, 0.05) is 29.4 Å². The molecule has 9 nitrogen and oxygen atoms in total. The number of carbonyl (C=O) groups excluding carboxylic acids is 1. The summed E-state index contributed by atoms with van der Waals surface area (Å²) in [5.74, 6) is 1.58. The van der Waals surface area contributed by atoms with E-state index in [4.69, 9.17) is 9.72 Å². The monoisotopic (exact) mass is 519 g/mol. The van der Waals surface area contributed by atoms with Crippen molar-refractivity contribution in [1.82, 2.24) is 24.7 Å². The van der Waals surface area contributed by atoms with Gasteiger partial charge in [0.15, 0.2) is 11.5 Å². The number of pyridine rings is 1. The molecule has 0 aliphatic heterocycles. The molecule has 0 bridgehead atoms. The molecule has 194 valence electrons. The summed E-state index contributed by atoms with van der Waals surface area (Å²) >= 11 is 1.72. The topological polar surface area (TPSA) is 105 Å². The number of amides is 1. The number of carbonyl (C=O) groups is 1. The smallest absolute Gasteiger partial charge is 0.407 e. The SMILES string of the molecule is CC(C)(C)OC(=O)NC1CCC(Nc2nccn3c(-c4cccc(NCc5cccs5)n4)cnc23)CC1. The van der Waals surface area contributed by atoms with Crippen molar-refractivity contribution >= 4 is 34.7 Å². The van der Waals surface area contributed by atoms with Crippen molar-refractivity contribution in [1.29, 1.82) is 0 Å². The third-order valence-corrected chi connectivity index (χ3v) is 7.13. The van der Waals surface area contributed by atoms with Gasteiger partial charge in [-0.1, -0.05) is 12.1 Å². The Labute approximate surface area is 220 Å². The number of anilines is 2. The fourth-order valence-corrected chi connectivity index (χ4v) is 5.17. The van der Waals surface area contributed by atoms with E-state index < -0.39 is 5.60 Å². The molecule has 0 unspecified atom stereocenters.